The lowest BCUT2D eigenvalue weighted by molar-refractivity contribution is 1.23. The second kappa shape index (κ2) is 4.91. The smallest absolute Gasteiger partial charge is 0.141 e. The average molecular weight is 251 g/mol. The highest BCUT2D eigenvalue weighted by Gasteiger charge is 1.99. The number of hydrogen-bond acceptors (Lipinski definition) is 5. The highest BCUT2D eigenvalue weighted by Crippen LogP contribution is 2.21. The SMILES string of the molecule is NNc1cc(Nc2ccc3ncccc3c2)ccn1. The van der Waals surface area contributed by atoms with Gasteiger partial charge in [-0.15, -0.1) is 0 Å². The first-order valence-corrected chi connectivity index (χ1v) is 5.90. The van der Waals surface area contributed by atoms with Gasteiger partial charge in [-0.1, -0.05) is 6.07 Å². The van der Waals surface area contributed by atoms with E-state index in [0.29, 0.717) is 5.82 Å². The Bertz CT molecular complexity index is 711. The number of nitrogen functional groups attached to an aromatic ring is 1. The van der Waals surface area contributed by atoms with Gasteiger partial charge in [-0.3, -0.25) is 4.98 Å². The van der Waals surface area contributed by atoms with Crippen molar-refractivity contribution in [3.63, 3.8) is 0 Å². The number of hydrogen-bond donors (Lipinski definition) is 3. The van der Waals surface area contributed by atoms with Crippen LogP contribution in [-0.4, -0.2) is 9.97 Å². The van der Waals surface area contributed by atoms with Gasteiger partial charge in [0.15, 0.2) is 0 Å². The van der Waals surface area contributed by atoms with E-state index in [0.717, 1.165) is 22.3 Å². The summed E-state index contributed by atoms with van der Waals surface area (Å²) in [5, 5.41) is 4.40. The fraction of sp³-hybridized carbons (Fsp3) is 0. The Morgan fingerprint density at radius 3 is 2.68 bits per heavy atom. The van der Waals surface area contributed by atoms with Crippen molar-refractivity contribution in [3.05, 3.63) is 54.9 Å². The van der Waals surface area contributed by atoms with Crippen molar-refractivity contribution in [1.29, 1.82) is 0 Å². The third kappa shape index (κ3) is 2.46. The van der Waals surface area contributed by atoms with E-state index in [-0.39, 0.29) is 0 Å². The molecular formula is C14H13N5. The molecule has 4 N–H and O–H groups in total. The Hall–Kier alpha value is -2.66. The van der Waals surface area contributed by atoms with Gasteiger partial charge < -0.3 is 10.7 Å². The molecule has 94 valence electrons. The van der Waals surface area contributed by atoms with E-state index in [9.17, 15) is 0 Å². The number of hydrazine groups is 1. The zero-order valence-electron chi connectivity index (χ0n) is 10.2. The van der Waals surface area contributed by atoms with Gasteiger partial charge in [-0.05, 0) is 30.3 Å². The van der Waals surface area contributed by atoms with Gasteiger partial charge in [0.05, 0.1) is 5.52 Å². The number of nitrogens with zero attached hydrogens (tertiary/aromatic N) is 2. The Morgan fingerprint density at radius 2 is 1.79 bits per heavy atom. The fourth-order valence-corrected chi connectivity index (χ4v) is 1.91. The molecule has 0 spiro atoms. The number of nitrogens with one attached hydrogen (secondary N) is 2. The lowest BCUT2D eigenvalue weighted by atomic mass is 10.2. The molecule has 3 rings (SSSR count). The van der Waals surface area contributed by atoms with Crippen LogP contribution in [0.1, 0.15) is 0 Å². The first kappa shape index (κ1) is 11.4. The van der Waals surface area contributed by atoms with E-state index in [2.05, 4.69) is 26.8 Å². The van der Waals surface area contributed by atoms with Gasteiger partial charge in [-0.25, -0.2) is 10.8 Å². The molecule has 0 radical (unpaired) electrons. The number of fused-ring (bicyclic) bond motifs is 1. The van der Waals surface area contributed by atoms with Crippen molar-refractivity contribution in [3.8, 4) is 0 Å². The molecule has 0 bridgehead atoms. The molecule has 0 aliphatic heterocycles. The van der Waals surface area contributed by atoms with Gasteiger partial charge >= 0.3 is 0 Å². The van der Waals surface area contributed by atoms with Crippen molar-refractivity contribution in [2.24, 2.45) is 5.84 Å². The molecule has 0 saturated heterocycles. The summed E-state index contributed by atoms with van der Waals surface area (Å²) in [4.78, 5) is 8.36. The zero-order valence-corrected chi connectivity index (χ0v) is 10.2. The van der Waals surface area contributed by atoms with Crippen LogP contribution in [0.25, 0.3) is 10.9 Å². The molecule has 2 heterocycles. The van der Waals surface area contributed by atoms with Crippen LogP contribution in [0, 0.1) is 0 Å². The van der Waals surface area contributed by atoms with Crippen LogP contribution in [0.4, 0.5) is 17.2 Å². The van der Waals surface area contributed by atoms with Gasteiger partial charge in [0.1, 0.15) is 5.82 Å². The predicted molar refractivity (Wildman–Crippen MR) is 77.1 cm³/mol. The first-order valence-electron chi connectivity index (χ1n) is 5.90. The summed E-state index contributed by atoms with van der Waals surface area (Å²) < 4.78 is 0. The number of anilines is 3. The molecule has 5 heteroatoms. The maximum Gasteiger partial charge on any atom is 0.141 e. The lowest BCUT2D eigenvalue weighted by Crippen LogP contribution is -2.08. The minimum absolute atomic E-state index is 0.618. The molecule has 2 aromatic heterocycles. The molecule has 1 aromatic carbocycles. The van der Waals surface area contributed by atoms with Gasteiger partial charge in [0, 0.05) is 35.2 Å². The summed E-state index contributed by atoms with van der Waals surface area (Å²) in [6, 6.07) is 13.7. The Balaban J connectivity index is 1.92. The van der Waals surface area contributed by atoms with E-state index in [1.165, 1.54) is 0 Å². The fourth-order valence-electron chi connectivity index (χ4n) is 1.91. The number of aromatic nitrogens is 2. The summed E-state index contributed by atoms with van der Waals surface area (Å²) >= 11 is 0. The van der Waals surface area contributed by atoms with Crippen molar-refractivity contribution in [1.82, 2.24) is 9.97 Å². The Kier molecular flexibility index (Phi) is 2.96. The van der Waals surface area contributed by atoms with E-state index in [4.69, 9.17) is 5.84 Å². The molecule has 0 saturated carbocycles. The third-order valence-electron chi connectivity index (χ3n) is 2.80. The monoisotopic (exact) mass is 251 g/mol. The van der Waals surface area contributed by atoms with Crippen LogP contribution < -0.4 is 16.6 Å². The second-order valence-corrected chi connectivity index (χ2v) is 4.11. The maximum atomic E-state index is 5.34. The van der Waals surface area contributed by atoms with Crippen LogP contribution in [0.2, 0.25) is 0 Å². The largest absolute Gasteiger partial charge is 0.355 e. The van der Waals surface area contributed by atoms with E-state index >= 15 is 0 Å². The number of nitrogens with two attached hydrogens (primary N) is 1. The van der Waals surface area contributed by atoms with Gasteiger partial charge in [0.25, 0.3) is 0 Å². The summed E-state index contributed by atoms with van der Waals surface area (Å²) in [6.45, 7) is 0. The van der Waals surface area contributed by atoms with E-state index < -0.39 is 0 Å². The average Bonchev–Trinajstić information content (AvgIpc) is 2.47. The lowest BCUT2D eigenvalue weighted by Gasteiger charge is -2.08. The van der Waals surface area contributed by atoms with Crippen molar-refractivity contribution >= 4 is 28.1 Å². The quantitative estimate of drug-likeness (QED) is 0.493. The highest BCUT2D eigenvalue weighted by atomic mass is 15.2. The molecule has 3 aromatic rings. The molecule has 5 nitrogen and oxygen atoms in total. The topological polar surface area (TPSA) is 75.9 Å². The number of pyridine rings is 2. The Morgan fingerprint density at radius 1 is 0.895 bits per heavy atom. The number of benzene rings is 1. The zero-order chi connectivity index (χ0) is 13.1. The second-order valence-electron chi connectivity index (χ2n) is 4.11. The van der Waals surface area contributed by atoms with Crippen LogP contribution >= 0.6 is 0 Å². The molecule has 19 heavy (non-hydrogen) atoms. The first-order chi connectivity index (χ1) is 9.35. The summed E-state index contributed by atoms with van der Waals surface area (Å²) in [7, 11) is 0. The van der Waals surface area contributed by atoms with E-state index in [1.54, 1.807) is 12.4 Å². The van der Waals surface area contributed by atoms with Crippen LogP contribution in [0.5, 0.6) is 0 Å². The van der Waals surface area contributed by atoms with Crippen LogP contribution in [-0.2, 0) is 0 Å². The molecule has 0 aliphatic rings. The summed E-state index contributed by atoms with van der Waals surface area (Å²) in [6.07, 6.45) is 3.48. The van der Waals surface area contributed by atoms with Crippen LogP contribution in [0.15, 0.2) is 54.9 Å². The van der Waals surface area contributed by atoms with Gasteiger partial charge in [0.2, 0.25) is 0 Å². The van der Waals surface area contributed by atoms with Crippen LogP contribution in [0.3, 0.4) is 0 Å². The molecular weight excluding hydrogens is 238 g/mol. The summed E-state index contributed by atoms with van der Waals surface area (Å²) in [5.41, 5.74) is 5.42. The minimum atomic E-state index is 0.618. The Labute approximate surface area is 110 Å². The molecule has 0 amide bonds. The minimum Gasteiger partial charge on any atom is -0.355 e. The van der Waals surface area contributed by atoms with Gasteiger partial charge in [-0.2, -0.15) is 0 Å². The maximum absolute atomic E-state index is 5.34. The molecule has 0 atom stereocenters. The molecule has 0 fully saturated rings. The van der Waals surface area contributed by atoms with E-state index in [1.807, 2.05) is 36.4 Å². The third-order valence-corrected chi connectivity index (χ3v) is 2.80. The number of rotatable bonds is 3. The highest BCUT2D eigenvalue weighted by molar-refractivity contribution is 5.83. The molecule has 0 unspecified atom stereocenters. The normalized spacial score (nSPS) is 10.4. The van der Waals surface area contributed by atoms with Crippen molar-refractivity contribution in [2.45, 2.75) is 0 Å². The van der Waals surface area contributed by atoms with Crippen molar-refractivity contribution < 1.29 is 0 Å². The predicted octanol–water partition coefficient (Wildman–Crippen LogP) is 2.66. The molecule has 0 aliphatic carbocycles. The summed E-state index contributed by atoms with van der Waals surface area (Å²) in [5.74, 6) is 5.96. The van der Waals surface area contributed by atoms with Crippen molar-refractivity contribution in [2.75, 3.05) is 10.7 Å². The standard InChI is InChI=1S/C14H13N5/c15-19-14-9-12(5-7-17-14)18-11-3-4-13-10(8-11)2-1-6-16-13/h1-9H,15H2,(H2,17,18,19).